The monoisotopic (exact) mass is 426 g/mol. The molecule has 2 aromatic rings. The van der Waals surface area contributed by atoms with Crippen LogP contribution in [0.5, 0.6) is 0 Å². The van der Waals surface area contributed by atoms with Gasteiger partial charge in [-0.05, 0) is 37.2 Å². The van der Waals surface area contributed by atoms with Crippen LogP contribution in [0.1, 0.15) is 37.2 Å². The Balaban J connectivity index is 1.50. The van der Waals surface area contributed by atoms with Crippen molar-refractivity contribution < 1.29 is 22.3 Å². The van der Waals surface area contributed by atoms with Crippen molar-refractivity contribution in [2.45, 2.75) is 49.7 Å². The Hall–Kier alpha value is -1.91. The Kier molecular flexibility index (Phi) is 5.20. The number of halogens is 2. The number of rotatable bonds is 5. The van der Waals surface area contributed by atoms with Gasteiger partial charge in [-0.25, -0.2) is 31.5 Å². The van der Waals surface area contributed by atoms with Crippen LogP contribution >= 0.6 is 0 Å². The molecule has 1 saturated carbocycles. The van der Waals surface area contributed by atoms with E-state index >= 15 is 0 Å². The number of nitrogens with one attached hydrogen (secondary N) is 1. The summed E-state index contributed by atoms with van der Waals surface area (Å²) in [5.41, 5.74) is -0.376. The maximum absolute atomic E-state index is 13.0. The molecule has 4 rings (SSSR count). The van der Waals surface area contributed by atoms with E-state index in [1.807, 2.05) is 18.2 Å². The van der Waals surface area contributed by atoms with Crippen LogP contribution in [0.15, 0.2) is 24.4 Å². The molecule has 10 heteroatoms. The Bertz CT molecular complexity index is 1000. The van der Waals surface area contributed by atoms with Crippen molar-refractivity contribution in [1.82, 2.24) is 14.3 Å². The average Bonchev–Trinajstić information content (AvgIpc) is 2.64. The van der Waals surface area contributed by atoms with Crippen LogP contribution in [0.4, 0.5) is 14.7 Å². The number of sulfonamides is 1. The third-order valence-corrected chi connectivity index (χ3v) is 7.25. The fourth-order valence-electron chi connectivity index (χ4n) is 4.18. The van der Waals surface area contributed by atoms with E-state index in [1.165, 1.54) is 10.6 Å². The molecule has 0 spiro atoms. The van der Waals surface area contributed by atoms with Crippen molar-refractivity contribution in [2.75, 3.05) is 24.7 Å². The summed E-state index contributed by atoms with van der Waals surface area (Å²) in [4.78, 5) is 8.96. The van der Waals surface area contributed by atoms with Gasteiger partial charge in [0.15, 0.2) is 0 Å². The van der Waals surface area contributed by atoms with Gasteiger partial charge in [-0.15, -0.1) is 0 Å². The van der Waals surface area contributed by atoms with E-state index < -0.39 is 22.0 Å². The number of fused-ring (bicyclic) bond motifs is 1. The molecule has 158 valence electrons. The molecule has 0 atom stereocenters. The molecule has 2 fully saturated rings. The second kappa shape index (κ2) is 7.41. The standard InChI is InChI=1S/C19H24F2N4O3S/c1-29(27,28)25-7-5-14(6-8-25)23-18-22-11-12-3-2-4-15(16(12)24-18)13-9-19(26,10-13)17(20)21/h2-4,11,13-14,17,26H,5-10H2,1H3,(H,22,23,24). The van der Waals surface area contributed by atoms with Gasteiger partial charge in [0.2, 0.25) is 16.0 Å². The molecule has 29 heavy (non-hydrogen) atoms. The Morgan fingerprint density at radius 2 is 1.97 bits per heavy atom. The number of piperidine rings is 1. The summed E-state index contributed by atoms with van der Waals surface area (Å²) >= 11 is 0. The van der Waals surface area contributed by atoms with E-state index in [0.717, 1.165) is 10.9 Å². The lowest BCUT2D eigenvalue weighted by Crippen LogP contribution is -2.48. The summed E-state index contributed by atoms with van der Waals surface area (Å²) in [6, 6.07) is 5.63. The third-order valence-electron chi connectivity index (χ3n) is 5.94. The van der Waals surface area contributed by atoms with E-state index in [9.17, 15) is 22.3 Å². The molecule has 2 N–H and O–H groups in total. The van der Waals surface area contributed by atoms with Crippen molar-refractivity contribution >= 4 is 26.9 Å². The molecular weight excluding hydrogens is 402 g/mol. The Morgan fingerprint density at radius 3 is 2.59 bits per heavy atom. The minimum Gasteiger partial charge on any atom is -0.384 e. The number of nitrogens with zero attached hydrogens (tertiary/aromatic N) is 3. The van der Waals surface area contributed by atoms with Crippen molar-refractivity contribution in [1.29, 1.82) is 0 Å². The second-order valence-electron chi connectivity index (χ2n) is 8.07. The molecule has 0 unspecified atom stereocenters. The van der Waals surface area contributed by atoms with Crippen LogP contribution < -0.4 is 5.32 Å². The van der Waals surface area contributed by atoms with Crippen LogP contribution in [0, 0.1) is 0 Å². The molecule has 1 aromatic carbocycles. The van der Waals surface area contributed by atoms with Crippen LogP contribution in [0.25, 0.3) is 10.9 Å². The maximum Gasteiger partial charge on any atom is 0.266 e. The molecule has 1 aromatic heterocycles. The van der Waals surface area contributed by atoms with Gasteiger partial charge >= 0.3 is 0 Å². The first-order chi connectivity index (χ1) is 13.7. The van der Waals surface area contributed by atoms with Crippen LogP contribution in [0.2, 0.25) is 0 Å². The number of alkyl halides is 2. The number of aliphatic hydroxyl groups is 1. The van der Waals surface area contributed by atoms with Crippen LogP contribution in [-0.2, 0) is 10.0 Å². The smallest absolute Gasteiger partial charge is 0.266 e. The summed E-state index contributed by atoms with van der Waals surface area (Å²) in [7, 11) is -3.18. The topological polar surface area (TPSA) is 95.4 Å². The van der Waals surface area contributed by atoms with Gasteiger partial charge in [0.05, 0.1) is 11.8 Å². The molecular formula is C19H24F2N4O3S. The first-order valence-electron chi connectivity index (χ1n) is 9.63. The highest BCUT2D eigenvalue weighted by molar-refractivity contribution is 7.88. The number of aromatic nitrogens is 2. The van der Waals surface area contributed by atoms with Crippen molar-refractivity contribution in [3.8, 4) is 0 Å². The van der Waals surface area contributed by atoms with Gasteiger partial charge in [-0.2, -0.15) is 0 Å². The van der Waals surface area contributed by atoms with Gasteiger partial charge in [0.1, 0.15) is 5.60 Å². The van der Waals surface area contributed by atoms with Gasteiger partial charge < -0.3 is 10.4 Å². The van der Waals surface area contributed by atoms with Gasteiger partial charge in [0, 0.05) is 30.7 Å². The number of para-hydroxylation sites is 1. The zero-order valence-corrected chi connectivity index (χ0v) is 16.9. The number of hydrogen-bond donors (Lipinski definition) is 2. The minimum absolute atomic E-state index is 0.0144. The van der Waals surface area contributed by atoms with Crippen molar-refractivity contribution in [2.24, 2.45) is 0 Å². The number of hydrogen-bond acceptors (Lipinski definition) is 6. The lowest BCUT2D eigenvalue weighted by atomic mass is 9.68. The van der Waals surface area contributed by atoms with E-state index in [2.05, 4.69) is 15.3 Å². The molecule has 2 aliphatic rings. The third kappa shape index (κ3) is 4.06. The zero-order chi connectivity index (χ0) is 20.8. The molecule has 7 nitrogen and oxygen atoms in total. The van der Waals surface area contributed by atoms with E-state index in [4.69, 9.17) is 0 Å². The molecule has 2 heterocycles. The summed E-state index contributed by atoms with van der Waals surface area (Å²) in [5, 5.41) is 14.0. The maximum atomic E-state index is 13.0. The highest BCUT2D eigenvalue weighted by atomic mass is 32.2. The minimum atomic E-state index is -3.18. The summed E-state index contributed by atoms with van der Waals surface area (Å²) < 4.78 is 50.7. The molecule has 0 radical (unpaired) electrons. The first kappa shape index (κ1) is 20.4. The number of benzene rings is 1. The van der Waals surface area contributed by atoms with E-state index in [1.54, 1.807) is 6.20 Å². The molecule has 1 aliphatic heterocycles. The highest BCUT2D eigenvalue weighted by Crippen LogP contribution is 2.49. The lowest BCUT2D eigenvalue weighted by molar-refractivity contribution is -0.152. The largest absolute Gasteiger partial charge is 0.384 e. The van der Waals surface area contributed by atoms with E-state index in [-0.39, 0.29) is 24.8 Å². The first-order valence-corrected chi connectivity index (χ1v) is 11.5. The molecule has 0 bridgehead atoms. The quantitative estimate of drug-likeness (QED) is 0.762. The van der Waals surface area contributed by atoms with Gasteiger partial charge in [-0.1, -0.05) is 18.2 Å². The van der Waals surface area contributed by atoms with Crippen molar-refractivity contribution in [3.63, 3.8) is 0 Å². The lowest BCUT2D eigenvalue weighted by Gasteiger charge is -2.43. The van der Waals surface area contributed by atoms with E-state index in [0.29, 0.717) is 37.4 Å². The molecule has 1 aliphatic carbocycles. The summed E-state index contributed by atoms with van der Waals surface area (Å²) in [6.45, 7) is 0.896. The molecule has 1 saturated heterocycles. The van der Waals surface area contributed by atoms with Crippen LogP contribution in [-0.4, -0.2) is 65.2 Å². The number of anilines is 1. The van der Waals surface area contributed by atoms with Crippen molar-refractivity contribution in [3.05, 3.63) is 30.0 Å². The fraction of sp³-hybridized carbons (Fsp3) is 0.579. The fourth-order valence-corrected chi connectivity index (χ4v) is 5.06. The van der Waals surface area contributed by atoms with Gasteiger partial charge in [-0.3, -0.25) is 0 Å². The summed E-state index contributed by atoms with van der Waals surface area (Å²) in [6.07, 6.45) is 1.49. The normalized spacial score (nSPS) is 26.6. The predicted molar refractivity (Wildman–Crippen MR) is 106 cm³/mol. The van der Waals surface area contributed by atoms with Gasteiger partial charge in [0.25, 0.3) is 6.43 Å². The molecule has 0 amide bonds. The Morgan fingerprint density at radius 1 is 1.28 bits per heavy atom. The average molecular weight is 426 g/mol. The zero-order valence-electron chi connectivity index (χ0n) is 16.1. The van der Waals surface area contributed by atoms with Crippen LogP contribution in [0.3, 0.4) is 0 Å². The Labute approximate surface area is 168 Å². The second-order valence-corrected chi connectivity index (χ2v) is 10.1. The summed E-state index contributed by atoms with van der Waals surface area (Å²) in [5.74, 6) is 0.268. The predicted octanol–water partition coefficient (Wildman–Crippen LogP) is 2.34. The SMILES string of the molecule is CS(=O)(=O)N1CCC(Nc2ncc3cccc(C4CC(O)(C(F)F)C4)c3n2)CC1. The highest BCUT2D eigenvalue weighted by Gasteiger charge is 2.50.